The zero-order valence-corrected chi connectivity index (χ0v) is 8.71. The molecule has 2 saturated heterocycles. The van der Waals surface area contributed by atoms with Gasteiger partial charge in [-0.1, -0.05) is 0 Å². The Morgan fingerprint density at radius 1 is 1.21 bits per heavy atom. The molecule has 0 atom stereocenters. The predicted molar refractivity (Wildman–Crippen MR) is 54.2 cm³/mol. The summed E-state index contributed by atoms with van der Waals surface area (Å²) >= 11 is 0. The molecule has 0 aromatic rings. The van der Waals surface area contributed by atoms with Crippen LogP contribution in [-0.2, 0) is 9.53 Å². The van der Waals surface area contributed by atoms with Crippen LogP contribution in [0.2, 0.25) is 0 Å². The van der Waals surface area contributed by atoms with Crippen LogP contribution >= 0.6 is 0 Å². The highest BCUT2D eigenvalue weighted by atomic mass is 16.5. The number of hydrogen-bond donors (Lipinski definition) is 0. The zero-order chi connectivity index (χ0) is 9.80. The van der Waals surface area contributed by atoms with Crippen LogP contribution in [0.5, 0.6) is 0 Å². The van der Waals surface area contributed by atoms with Crippen molar-refractivity contribution in [3.63, 3.8) is 0 Å². The fourth-order valence-corrected chi connectivity index (χ4v) is 2.31. The number of nitrogens with zero attached hydrogens (tertiary/aromatic N) is 1. The molecule has 0 aromatic heterocycles. The van der Waals surface area contributed by atoms with E-state index in [4.69, 9.17) is 4.74 Å². The van der Waals surface area contributed by atoms with Crippen molar-refractivity contribution in [1.29, 1.82) is 0 Å². The van der Waals surface area contributed by atoms with Crippen LogP contribution in [0.25, 0.3) is 0 Å². The third kappa shape index (κ3) is 2.55. The number of hydrogen-bond acceptors (Lipinski definition) is 3. The summed E-state index contributed by atoms with van der Waals surface area (Å²) in [7, 11) is 0. The summed E-state index contributed by atoms with van der Waals surface area (Å²) in [6.07, 6.45) is 4.40. The van der Waals surface area contributed by atoms with Crippen molar-refractivity contribution in [2.75, 3.05) is 32.8 Å². The summed E-state index contributed by atoms with van der Waals surface area (Å²) in [6, 6.07) is 0. The lowest BCUT2D eigenvalue weighted by Gasteiger charge is -2.23. The normalized spacial score (nSPS) is 25.4. The number of ketones is 1. The SMILES string of the molecule is O=C(CN1CCCC1)C1CCOCC1. The lowest BCUT2D eigenvalue weighted by molar-refractivity contribution is -0.126. The maximum Gasteiger partial charge on any atom is 0.150 e. The average molecular weight is 197 g/mol. The Kier molecular flexibility index (Phi) is 3.54. The van der Waals surface area contributed by atoms with Gasteiger partial charge in [-0.15, -0.1) is 0 Å². The van der Waals surface area contributed by atoms with Gasteiger partial charge < -0.3 is 4.74 Å². The lowest BCUT2D eigenvalue weighted by atomic mass is 9.95. The third-order valence-electron chi connectivity index (χ3n) is 3.25. The van der Waals surface area contributed by atoms with Crippen molar-refractivity contribution < 1.29 is 9.53 Å². The maximum absolute atomic E-state index is 11.9. The fourth-order valence-electron chi connectivity index (χ4n) is 2.31. The molecule has 0 unspecified atom stereocenters. The molecule has 0 bridgehead atoms. The van der Waals surface area contributed by atoms with Crippen LogP contribution in [0.15, 0.2) is 0 Å². The number of carbonyl (C=O) groups is 1. The second-order valence-corrected chi connectivity index (χ2v) is 4.34. The van der Waals surface area contributed by atoms with Crippen molar-refractivity contribution >= 4 is 5.78 Å². The Labute approximate surface area is 85.4 Å². The molecule has 2 aliphatic rings. The van der Waals surface area contributed by atoms with Gasteiger partial charge in [0.1, 0.15) is 5.78 Å². The van der Waals surface area contributed by atoms with Crippen LogP contribution in [0.3, 0.4) is 0 Å². The molecule has 2 aliphatic heterocycles. The van der Waals surface area contributed by atoms with E-state index in [9.17, 15) is 4.79 Å². The molecular formula is C11H19NO2. The van der Waals surface area contributed by atoms with Gasteiger partial charge in [0.05, 0.1) is 6.54 Å². The molecule has 0 spiro atoms. The highest BCUT2D eigenvalue weighted by Gasteiger charge is 2.24. The first-order chi connectivity index (χ1) is 6.86. The van der Waals surface area contributed by atoms with Gasteiger partial charge in [-0.25, -0.2) is 0 Å². The van der Waals surface area contributed by atoms with E-state index < -0.39 is 0 Å². The van der Waals surface area contributed by atoms with Crippen LogP contribution in [0.4, 0.5) is 0 Å². The van der Waals surface area contributed by atoms with E-state index in [1.807, 2.05) is 0 Å². The summed E-state index contributed by atoms with van der Waals surface area (Å²) < 4.78 is 5.25. The molecular weight excluding hydrogens is 178 g/mol. The second-order valence-electron chi connectivity index (χ2n) is 4.34. The van der Waals surface area contributed by atoms with Crippen molar-refractivity contribution in [3.8, 4) is 0 Å². The molecule has 3 nitrogen and oxygen atoms in total. The van der Waals surface area contributed by atoms with Crippen LogP contribution < -0.4 is 0 Å². The Morgan fingerprint density at radius 2 is 1.86 bits per heavy atom. The maximum atomic E-state index is 11.9. The van der Waals surface area contributed by atoms with Crippen molar-refractivity contribution in [3.05, 3.63) is 0 Å². The Morgan fingerprint density at radius 3 is 2.50 bits per heavy atom. The highest BCUT2D eigenvalue weighted by molar-refractivity contribution is 5.83. The molecule has 14 heavy (non-hydrogen) atoms. The second kappa shape index (κ2) is 4.89. The summed E-state index contributed by atoms with van der Waals surface area (Å²) in [5.41, 5.74) is 0. The van der Waals surface area contributed by atoms with E-state index in [1.165, 1.54) is 12.8 Å². The molecule has 0 aliphatic carbocycles. The summed E-state index contributed by atoms with van der Waals surface area (Å²) in [5, 5.41) is 0. The largest absolute Gasteiger partial charge is 0.381 e. The van der Waals surface area contributed by atoms with E-state index in [1.54, 1.807) is 0 Å². The van der Waals surface area contributed by atoms with Gasteiger partial charge in [0, 0.05) is 19.1 Å². The molecule has 80 valence electrons. The number of likely N-dealkylation sites (tertiary alicyclic amines) is 1. The molecule has 0 radical (unpaired) electrons. The first kappa shape index (κ1) is 10.1. The van der Waals surface area contributed by atoms with Gasteiger partial charge in [-0.05, 0) is 38.8 Å². The minimum Gasteiger partial charge on any atom is -0.381 e. The summed E-state index contributed by atoms with van der Waals surface area (Å²) in [5.74, 6) is 0.722. The van der Waals surface area contributed by atoms with Gasteiger partial charge in [-0.3, -0.25) is 9.69 Å². The van der Waals surface area contributed by atoms with Crippen LogP contribution in [0, 0.1) is 5.92 Å². The fraction of sp³-hybridized carbons (Fsp3) is 0.909. The van der Waals surface area contributed by atoms with Crippen molar-refractivity contribution in [2.24, 2.45) is 5.92 Å². The van der Waals surface area contributed by atoms with Crippen molar-refractivity contribution in [2.45, 2.75) is 25.7 Å². The van der Waals surface area contributed by atoms with Gasteiger partial charge in [0.15, 0.2) is 0 Å². The molecule has 0 amide bonds. The Hall–Kier alpha value is -0.410. The molecule has 3 heteroatoms. The molecule has 0 aromatic carbocycles. The van der Waals surface area contributed by atoms with Gasteiger partial charge >= 0.3 is 0 Å². The minimum atomic E-state index is 0.282. The average Bonchev–Trinajstić information content (AvgIpc) is 2.72. The smallest absolute Gasteiger partial charge is 0.150 e. The number of rotatable bonds is 3. The van der Waals surface area contributed by atoms with Gasteiger partial charge in [-0.2, -0.15) is 0 Å². The van der Waals surface area contributed by atoms with E-state index >= 15 is 0 Å². The lowest BCUT2D eigenvalue weighted by Crippen LogP contribution is -2.33. The van der Waals surface area contributed by atoms with Gasteiger partial charge in [0.2, 0.25) is 0 Å². The first-order valence-electron chi connectivity index (χ1n) is 5.69. The molecule has 2 fully saturated rings. The van der Waals surface area contributed by atoms with E-state index in [0.29, 0.717) is 12.3 Å². The monoisotopic (exact) mass is 197 g/mol. The minimum absolute atomic E-state index is 0.282. The Bertz CT molecular complexity index is 193. The van der Waals surface area contributed by atoms with E-state index in [-0.39, 0.29) is 5.92 Å². The number of carbonyl (C=O) groups excluding carboxylic acids is 1. The standard InChI is InChI=1S/C11H19NO2/c13-11(9-12-5-1-2-6-12)10-3-7-14-8-4-10/h10H,1-9H2. The van der Waals surface area contributed by atoms with Gasteiger partial charge in [0.25, 0.3) is 0 Å². The zero-order valence-electron chi connectivity index (χ0n) is 8.71. The van der Waals surface area contributed by atoms with E-state index in [0.717, 1.165) is 39.1 Å². The summed E-state index contributed by atoms with van der Waals surface area (Å²) in [4.78, 5) is 14.1. The quantitative estimate of drug-likeness (QED) is 0.678. The molecule has 0 saturated carbocycles. The van der Waals surface area contributed by atoms with Crippen molar-refractivity contribution in [1.82, 2.24) is 4.90 Å². The Balaban J connectivity index is 1.75. The summed E-state index contributed by atoms with van der Waals surface area (Å²) in [6.45, 7) is 4.47. The molecule has 0 N–H and O–H groups in total. The first-order valence-corrected chi connectivity index (χ1v) is 5.69. The van der Waals surface area contributed by atoms with Crippen LogP contribution in [0.1, 0.15) is 25.7 Å². The highest BCUT2D eigenvalue weighted by Crippen LogP contribution is 2.17. The van der Waals surface area contributed by atoms with Crippen LogP contribution in [-0.4, -0.2) is 43.5 Å². The molecule has 2 rings (SSSR count). The van der Waals surface area contributed by atoms with E-state index in [2.05, 4.69) is 4.90 Å². The topological polar surface area (TPSA) is 29.5 Å². The number of Topliss-reactive ketones (excluding diaryl/α,β-unsaturated/α-hetero) is 1. The predicted octanol–water partition coefficient (Wildman–Crippen LogP) is 1.08. The number of ether oxygens (including phenoxy) is 1. The molecule has 2 heterocycles. The third-order valence-corrected chi connectivity index (χ3v) is 3.25.